The van der Waals surface area contributed by atoms with Crippen molar-refractivity contribution in [3.63, 3.8) is 0 Å². The molecular weight excluding hydrogens is 358 g/mol. The standard InChI is InChI=1S/C20H25N5O3/c26-18-19(27)25(16-5-1-2-6-16)22-17-12-28-20(14-24(17)18)7-9-23(13-20)11-15-4-3-8-21-10-15/h3-4,8,10,16H,1-2,5-7,9,11-14H2/t20-/m1/s1. The first-order valence-electron chi connectivity index (χ1n) is 10.1. The van der Waals surface area contributed by atoms with Gasteiger partial charge < -0.3 is 4.74 Å². The van der Waals surface area contributed by atoms with E-state index in [4.69, 9.17) is 4.74 Å². The second kappa shape index (κ2) is 6.93. The third-order valence-electron chi connectivity index (χ3n) is 6.32. The number of nitrogens with zero attached hydrogens (tertiary/aromatic N) is 5. The second-order valence-corrected chi connectivity index (χ2v) is 8.29. The fourth-order valence-corrected chi connectivity index (χ4v) is 4.83. The van der Waals surface area contributed by atoms with Crippen molar-refractivity contribution in [1.29, 1.82) is 0 Å². The van der Waals surface area contributed by atoms with Crippen LogP contribution < -0.4 is 11.1 Å². The minimum Gasteiger partial charge on any atom is -0.364 e. The van der Waals surface area contributed by atoms with Gasteiger partial charge in [0.25, 0.3) is 0 Å². The maximum atomic E-state index is 12.8. The highest BCUT2D eigenvalue weighted by Gasteiger charge is 2.43. The smallest absolute Gasteiger partial charge is 0.332 e. The number of aromatic nitrogens is 4. The van der Waals surface area contributed by atoms with E-state index in [0.717, 1.165) is 57.3 Å². The molecular formula is C20H25N5O3. The van der Waals surface area contributed by atoms with Gasteiger partial charge in [-0.2, -0.15) is 5.10 Å². The first-order valence-corrected chi connectivity index (χ1v) is 10.1. The Balaban J connectivity index is 1.37. The Labute approximate surface area is 162 Å². The van der Waals surface area contributed by atoms with Gasteiger partial charge in [0.15, 0.2) is 5.82 Å². The molecule has 8 heteroatoms. The molecule has 0 radical (unpaired) electrons. The summed E-state index contributed by atoms with van der Waals surface area (Å²) in [5.74, 6) is 0.577. The van der Waals surface area contributed by atoms with Crippen LogP contribution >= 0.6 is 0 Å². The Morgan fingerprint density at radius 1 is 1.18 bits per heavy atom. The normalized spacial score (nSPS) is 25.4. The van der Waals surface area contributed by atoms with Crippen molar-refractivity contribution < 1.29 is 4.74 Å². The van der Waals surface area contributed by atoms with Crippen LogP contribution in [-0.4, -0.2) is 42.9 Å². The van der Waals surface area contributed by atoms with Crippen LogP contribution in [-0.2, 0) is 24.4 Å². The number of fused-ring (bicyclic) bond motifs is 1. The molecule has 5 rings (SSSR count). The maximum absolute atomic E-state index is 12.8. The largest absolute Gasteiger partial charge is 0.364 e. The van der Waals surface area contributed by atoms with Crippen molar-refractivity contribution in [3.05, 3.63) is 56.6 Å². The number of likely N-dealkylation sites (tertiary alicyclic amines) is 1. The average molecular weight is 383 g/mol. The number of rotatable bonds is 3. The Morgan fingerprint density at radius 2 is 2.04 bits per heavy atom. The number of ether oxygens (including phenoxy) is 1. The summed E-state index contributed by atoms with van der Waals surface area (Å²) in [4.78, 5) is 32.0. The zero-order valence-corrected chi connectivity index (χ0v) is 15.9. The number of pyridine rings is 1. The third-order valence-corrected chi connectivity index (χ3v) is 6.32. The molecule has 1 aliphatic carbocycles. The third kappa shape index (κ3) is 3.10. The summed E-state index contributed by atoms with van der Waals surface area (Å²) in [5.41, 5.74) is -0.204. The molecule has 1 saturated heterocycles. The lowest BCUT2D eigenvalue weighted by Gasteiger charge is -2.35. The van der Waals surface area contributed by atoms with E-state index in [2.05, 4.69) is 21.0 Å². The number of hydrogen-bond acceptors (Lipinski definition) is 6. The minimum absolute atomic E-state index is 0.0587. The van der Waals surface area contributed by atoms with Crippen LogP contribution in [0.15, 0.2) is 34.1 Å². The zero-order chi connectivity index (χ0) is 19.1. The molecule has 0 N–H and O–H groups in total. The monoisotopic (exact) mass is 383 g/mol. The van der Waals surface area contributed by atoms with Gasteiger partial charge in [-0.3, -0.25) is 24.0 Å². The molecule has 3 aliphatic rings. The van der Waals surface area contributed by atoms with Crippen molar-refractivity contribution >= 4 is 0 Å². The average Bonchev–Trinajstić information content (AvgIpc) is 3.37. The van der Waals surface area contributed by atoms with Gasteiger partial charge in [0, 0.05) is 32.0 Å². The molecule has 1 atom stereocenters. The number of hydrogen-bond donors (Lipinski definition) is 0. The van der Waals surface area contributed by atoms with Crippen LogP contribution in [0.2, 0.25) is 0 Å². The van der Waals surface area contributed by atoms with E-state index in [-0.39, 0.29) is 12.6 Å². The lowest BCUT2D eigenvalue weighted by Crippen LogP contribution is -2.53. The molecule has 0 aromatic carbocycles. The second-order valence-electron chi connectivity index (χ2n) is 8.29. The van der Waals surface area contributed by atoms with Crippen LogP contribution in [0.3, 0.4) is 0 Å². The topological polar surface area (TPSA) is 82.2 Å². The summed E-state index contributed by atoms with van der Waals surface area (Å²) in [6.07, 6.45) is 8.50. The predicted molar refractivity (Wildman–Crippen MR) is 102 cm³/mol. The van der Waals surface area contributed by atoms with Gasteiger partial charge in [-0.15, -0.1) is 0 Å². The highest BCUT2D eigenvalue weighted by atomic mass is 16.5. The van der Waals surface area contributed by atoms with E-state index >= 15 is 0 Å². The molecule has 28 heavy (non-hydrogen) atoms. The Kier molecular flexibility index (Phi) is 4.40. The Hall–Kier alpha value is -2.32. The summed E-state index contributed by atoms with van der Waals surface area (Å²) in [6.45, 7) is 3.12. The van der Waals surface area contributed by atoms with E-state index in [1.54, 1.807) is 10.8 Å². The van der Waals surface area contributed by atoms with Gasteiger partial charge >= 0.3 is 11.1 Å². The van der Waals surface area contributed by atoms with Crippen molar-refractivity contribution in [2.75, 3.05) is 13.1 Å². The summed E-state index contributed by atoms with van der Waals surface area (Å²) in [5, 5.41) is 4.52. The molecule has 4 heterocycles. The van der Waals surface area contributed by atoms with Crippen molar-refractivity contribution in [1.82, 2.24) is 24.2 Å². The van der Waals surface area contributed by atoms with Gasteiger partial charge in [-0.1, -0.05) is 18.9 Å². The van der Waals surface area contributed by atoms with Gasteiger partial charge in [0.1, 0.15) is 12.2 Å². The van der Waals surface area contributed by atoms with Crippen molar-refractivity contribution in [2.24, 2.45) is 0 Å². The Bertz CT molecular complexity index is 980. The van der Waals surface area contributed by atoms with Crippen LogP contribution in [0, 0.1) is 0 Å². The molecule has 1 spiro atoms. The van der Waals surface area contributed by atoms with Gasteiger partial charge in [0.2, 0.25) is 0 Å². The molecule has 2 aromatic rings. The minimum atomic E-state index is -0.488. The summed E-state index contributed by atoms with van der Waals surface area (Å²) >= 11 is 0. The summed E-state index contributed by atoms with van der Waals surface area (Å²) < 4.78 is 9.22. The lowest BCUT2D eigenvalue weighted by atomic mass is 10.0. The SMILES string of the molecule is O=c1c(=O)n2c(nn1C1CCCC1)CO[C@@]1(CCN(Cc3cccnc3)C1)C2. The fraction of sp³-hybridized carbons (Fsp3) is 0.600. The molecule has 0 amide bonds. The predicted octanol–water partition coefficient (Wildman–Crippen LogP) is 1.09. The lowest BCUT2D eigenvalue weighted by molar-refractivity contribution is -0.0860. The van der Waals surface area contributed by atoms with E-state index in [0.29, 0.717) is 12.4 Å². The first kappa shape index (κ1) is 17.8. The fourth-order valence-electron chi connectivity index (χ4n) is 4.83. The molecule has 8 nitrogen and oxygen atoms in total. The van der Waals surface area contributed by atoms with Crippen molar-refractivity contribution in [3.8, 4) is 0 Å². The summed E-state index contributed by atoms with van der Waals surface area (Å²) in [7, 11) is 0. The maximum Gasteiger partial charge on any atom is 0.332 e. The molecule has 0 unspecified atom stereocenters. The highest BCUT2D eigenvalue weighted by molar-refractivity contribution is 5.10. The molecule has 2 fully saturated rings. The highest BCUT2D eigenvalue weighted by Crippen LogP contribution is 2.32. The van der Waals surface area contributed by atoms with Crippen LogP contribution in [0.25, 0.3) is 0 Å². The molecule has 148 valence electrons. The summed E-state index contributed by atoms with van der Waals surface area (Å²) in [6, 6.07) is 4.06. The zero-order valence-electron chi connectivity index (χ0n) is 15.9. The molecule has 1 saturated carbocycles. The first-order chi connectivity index (χ1) is 13.6. The van der Waals surface area contributed by atoms with E-state index in [1.807, 2.05) is 12.3 Å². The van der Waals surface area contributed by atoms with E-state index < -0.39 is 16.7 Å². The quantitative estimate of drug-likeness (QED) is 0.738. The molecule has 2 aromatic heterocycles. The van der Waals surface area contributed by atoms with Crippen molar-refractivity contribution in [2.45, 2.75) is 63.4 Å². The van der Waals surface area contributed by atoms with Gasteiger partial charge in [0.05, 0.1) is 12.6 Å². The van der Waals surface area contributed by atoms with Crippen LogP contribution in [0.1, 0.15) is 49.5 Å². The van der Waals surface area contributed by atoms with Gasteiger partial charge in [-0.05, 0) is 30.9 Å². The molecule has 0 bridgehead atoms. The van der Waals surface area contributed by atoms with E-state index in [1.165, 1.54) is 4.68 Å². The van der Waals surface area contributed by atoms with Crippen LogP contribution in [0.4, 0.5) is 0 Å². The Morgan fingerprint density at radius 3 is 2.82 bits per heavy atom. The van der Waals surface area contributed by atoms with E-state index in [9.17, 15) is 9.59 Å². The van der Waals surface area contributed by atoms with Crippen LogP contribution in [0.5, 0.6) is 0 Å². The van der Waals surface area contributed by atoms with Gasteiger partial charge in [-0.25, -0.2) is 4.68 Å². The molecule has 2 aliphatic heterocycles.